The summed E-state index contributed by atoms with van der Waals surface area (Å²) in [6.07, 6.45) is 0.295. The standard InChI is InChI=1S/C24H22N4O5S/c1-13-10-18(32-5)19(15-8-9-28(21(13)15)23(29)30)20(27-34(31)24(2,3)4)22-26-16-11-14(12-25)6-7-17(16)33-22/h6-11H,1-5H3,(H,29,30)/b27-20+. The van der Waals surface area contributed by atoms with Gasteiger partial charge in [0.05, 0.1) is 29.8 Å². The molecule has 0 saturated carbocycles. The molecule has 9 nitrogen and oxygen atoms in total. The minimum Gasteiger partial charge on any atom is -0.591 e. The quantitative estimate of drug-likeness (QED) is 0.329. The summed E-state index contributed by atoms with van der Waals surface area (Å²) in [6, 6.07) is 10.2. The second-order valence-corrected chi connectivity index (χ2v) is 10.5. The lowest BCUT2D eigenvalue weighted by Crippen LogP contribution is -2.27. The van der Waals surface area contributed by atoms with Crippen molar-refractivity contribution in [2.75, 3.05) is 7.11 Å². The number of hydrogen-bond acceptors (Lipinski definition) is 7. The molecule has 2 heterocycles. The van der Waals surface area contributed by atoms with Crippen molar-refractivity contribution in [3.8, 4) is 11.8 Å². The number of benzene rings is 2. The molecular formula is C24H22N4O5S. The Balaban J connectivity index is 2.08. The molecule has 0 fully saturated rings. The smallest absolute Gasteiger partial charge is 0.416 e. The Morgan fingerprint density at radius 2 is 2.06 bits per heavy atom. The third-order valence-corrected chi connectivity index (χ3v) is 6.60. The number of methoxy groups -OCH3 is 1. The molecule has 0 aliphatic carbocycles. The molecule has 4 rings (SSSR count). The van der Waals surface area contributed by atoms with Gasteiger partial charge in [0.25, 0.3) is 5.89 Å². The van der Waals surface area contributed by atoms with Crippen LogP contribution in [-0.2, 0) is 11.4 Å². The van der Waals surface area contributed by atoms with Crippen molar-refractivity contribution >= 4 is 45.2 Å². The van der Waals surface area contributed by atoms with E-state index in [1.165, 1.54) is 13.3 Å². The van der Waals surface area contributed by atoms with Crippen molar-refractivity contribution in [1.29, 1.82) is 5.26 Å². The van der Waals surface area contributed by atoms with Gasteiger partial charge in [-0.3, -0.25) is 4.57 Å². The molecule has 0 saturated heterocycles. The number of hydrogen-bond donors (Lipinski definition) is 1. The average Bonchev–Trinajstić information content (AvgIpc) is 3.41. The zero-order chi connectivity index (χ0) is 24.8. The van der Waals surface area contributed by atoms with Gasteiger partial charge >= 0.3 is 6.09 Å². The van der Waals surface area contributed by atoms with Gasteiger partial charge in [-0.2, -0.15) is 5.26 Å². The Bertz CT molecular complexity index is 1500. The maximum absolute atomic E-state index is 13.1. The molecular weight excluding hydrogens is 456 g/mol. The predicted molar refractivity (Wildman–Crippen MR) is 129 cm³/mol. The first-order chi connectivity index (χ1) is 16.0. The maximum atomic E-state index is 13.1. The van der Waals surface area contributed by atoms with Gasteiger partial charge in [-0.05, 0) is 63.6 Å². The number of nitriles is 1. The number of carbonyl (C=O) groups is 1. The first-order valence-corrected chi connectivity index (χ1v) is 11.4. The number of ether oxygens (including phenoxy) is 1. The van der Waals surface area contributed by atoms with Gasteiger partial charge < -0.3 is 18.8 Å². The molecule has 0 aliphatic rings. The number of nitrogens with zero attached hydrogens (tertiary/aromatic N) is 4. The fourth-order valence-corrected chi connectivity index (χ4v) is 4.19. The molecule has 2 aromatic heterocycles. The van der Waals surface area contributed by atoms with E-state index in [1.807, 2.05) is 0 Å². The summed E-state index contributed by atoms with van der Waals surface area (Å²) in [6.45, 7) is 7.15. The van der Waals surface area contributed by atoms with Crippen molar-refractivity contribution in [2.24, 2.45) is 4.40 Å². The molecule has 0 bridgehead atoms. The highest BCUT2D eigenvalue weighted by Crippen LogP contribution is 2.35. The minimum atomic E-state index is -1.70. The molecule has 2 aromatic carbocycles. The summed E-state index contributed by atoms with van der Waals surface area (Å²) in [5.41, 5.74) is 2.97. The van der Waals surface area contributed by atoms with Crippen molar-refractivity contribution in [2.45, 2.75) is 32.4 Å². The van der Waals surface area contributed by atoms with E-state index >= 15 is 0 Å². The van der Waals surface area contributed by atoms with E-state index in [-0.39, 0.29) is 11.6 Å². The zero-order valence-electron chi connectivity index (χ0n) is 19.2. The second-order valence-electron chi connectivity index (χ2n) is 8.62. The van der Waals surface area contributed by atoms with E-state index in [9.17, 15) is 19.7 Å². The summed E-state index contributed by atoms with van der Waals surface area (Å²) >= 11 is -1.70. The topological polar surface area (TPSA) is 137 Å². The Kier molecular flexibility index (Phi) is 5.85. The van der Waals surface area contributed by atoms with Gasteiger partial charge in [-0.25, -0.2) is 9.78 Å². The number of fused-ring (bicyclic) bond motifs is 2. The van der Waals surface area contributed by atoms with E-state index in [0.29, 0.717) is 44.4 Å². The van der Waals surface area contributed by atoms with Gasteiger partial charge in [0.2, 0.25) is 0 Å². The number of aromatic nitrogens is 2. The average molecular weight is 479 g/mol. The van der Waals surface area contributed by atoms with Crippen LogP contribution in [0, 0.1) is 18.3 Å². The zero-order valence-corrected chi connectivity index (χ0v) is 20.1. The van der Waals surface area contributed by atoms with Gasteiger partial charge in [0, 0.05) is 11.6 Å². The van der Waals surface area contributed by atoms with E-state index in [4.69, 9.17) is 9.15 Å². The van der Waals surface area contributed by atoms with Crippen LogP contribution in [0.3, 0.4) is 0 Å². The molecule has 0 spiro atoms. The highest BCUT2D eigenvalue weighted by molar-refractivity contribution is 7.91. The lowest BCUT2D eigenvalue weighted by Gasteiger charge is -2.20. The molecule has 174 valence electrons. The molecule has 0 radical (unpaired) electrons. The Morgan fingerprint density at radius 3 is 2.68 bits per heavy atom. The van der Waals surface area contributed by atoms with E-state index < -0.39 is 22.2 Å². The van der Waals surface area contributed by atoms with Crippen LogP contribution >= 0.6 is 0 Å². The van der Waals surface area contributed by atoms with Crippen LogP contribution in [-0.4, -0.2) is 42.9 Å². The van der Waals surface area contributed by atoms with Crippen LogP contribution in [0.25, 0.3) is 22.0 Å². The fraction of sp³-hybridized carbons (Fsp3) is 0.250. The highest BCUT2D eigenvalue weighted by Gasteiger charge is 2.32. The minimum absolute atomic E-state index is 0.0780. The van der Waals surface area contributed by atoms with Crippen molar-refractivity contribution in [3.63, 3.8) is 0 Å². The first-order valence-electron chi connectivity index (χ1n) is 10.3. The van der Waals surface area contributed by atoms with Gasteiger partial charge in [0.1, 0.15) is 27.4 Å². The third-order valence-electron chi connectivity index (χ3n) is 5.20. The van der Waals surface area contributed by atoms with Gasteiger partial charge in [-0.1, -0.05) is 4.40 Å². The number of oxazole rings is 1. The Morgan fingerprint density at radius 1 is 1.32 bits per heavy atom. The molecule has 4 aromatic rings. The molecule has 1 unspecified atom stereocenters. The SMILES string of the molecule is COc1cc(C)c2c(ccn2C(=O)O)c1/C(=N\[S+]([O-])C(C)(C)C)c1nc2cc(C#N)ccc2o1. The number of rotatable bonds is 4. The fourth-order valence-electron chi connectivity index (χ4n) is 3.58. The van der Waals surface area contributed by atoms with Gasteiger partial charge in [0.15, 0.2) is 11.3 Å². The second kappa shape index (κ2) is 8.52. The van der Waals surface area contributed by atoms with E-state index in [2.05, 4.69) is 15.5 Å². The summed E-state index contributed by atoms with van der Waals surface area (Å²) in [5.74, 6) is 0.479. The Hall–Kier alpha value is -3.81. The summed E-state index contributed by atoms with van der Waals surface area (Å²) in [7, 11) is 1.49. The molecule has 0 amide bonds. The van der Waals surface area contributed by atoms with Crippen LogP contribution in [0.15, 0.2) is 45.3 Å². The molecule has 10 heteroatoms. The number of aryl methyl sites for hydroxylation is 1. The van der Waals surface area contributed by atoms with Crippen LogP contribution in [0.2, 0.25) is 0 Å². The van der Waals surface area contributed by atoms with Crippen LogP contribution in [0.4, 0.5) is 4.79 Å². The maximum Gasteiger partial charge on any atom is 0.416 e. The van der Waals surface area contributed by atoms with Gasteiger partial charge in [-0.15, -0.1) is 0 Å². The summed E-state index contributed by atoms with van der Waals surface area (Å²) in [5, 5.41) is 19.4. The molecule has 0 aliphatic heterocycles. The molecule has 1 atom stereocenters. The monoisotopic (exact) mass is 478 g/mol. The van der Waals surface area contributed by atoms with Crippen molar-refractivity contribution in [3.05, 3.63) is 59.1 Å². The largest absolute Gasteiger partial charge is 0.591 e. The van der Waals surface area contributed by atoms with Crippen LogP contribution in [0.5, 0.6) is 5.75 Å². The van der Waals surface area contributed by atoms with Crippen LogP contribution < -0.4 is 4.74 Å². The van der Waals surface area contributed by atoms with Crippen LogP contribution in [0.1, 0.15) is 43.4 Å². The Labute approximate surface area is 198 Å². The predicted octanol–water partition coefficient (Wildman–Crippen LogP) is 4.80. The van der Waals surface area contributed by atoms with Crippen molar-refractivity contribution in [1.82, 2.24) is 9.55 Å². The lowest BCUT2D eigenvalue weighted by atomic mass is 10.0. The third kappa shape index (κ3) is 4.00. The van der Waals surface area contributed by atoms with E-state index in [1.54, 1.807) is 58.0 Å². The lowest BCUT2D eigenvalue weighted by molar-refractivity contribution is 0.197. The van der Waals surface area contributed by atoms with Crippen molar-refractivity contribution < 1.29 is 23.6 Å². The number of carboxylic acid groups (broad SMARTS) is 1. The first kappa shape index (κ1) is 23.4. The normalized spacial score (nSPS) is 13.3. The molecule has 1 N–H and O–H groups in total. The summed E-state index contributed by atoms with van der Waals surface area (Å²) in [4.78, 5) is 16.3. The summed E-state index contributed by atoms with van der Waals surface area (Å²) < 4.78 is 29.6. The van der Waals surface area contributed by atoms with E-state index in [0.717, 1.165) is 4.57 Å². The molecule has 34 heavy (non-hydrogen) atoms. The highest BCUT2D eigenvalue weighted by atomic mass is 32.2.